The Kier molecular flexibility index (Phi) is 10.3. The van der Waals surface area contributed by atoms with Gasteiger partial charge < -0.3 is 19.3 Å². The highest BCUT2D eigenvalue weighted by Crippen LogP contribution is 2.57. The molecule has 4 aliphatic rings. The molecule has 11 rings (SSSR count). The van der Waals surface area contributed by atoms with Gasteiger partial charge in [0.2, 0.25) is 0 Å². The van der Waals surface area contributed by atoms with Crippen LogP contribution in [0.5, 0.6) is 0 Å². The molecule has 64 heavy (non-hydrogen) atoms. The van der Waals surface area contributed by atoms with Gasteiger partial charge in [0.15, 0.2) is 0 Å². The van der Waals surface area contributed by atoms with Crippen molar-refractivity contribution < 1.29 is 9.47 Å². The molecule has 0 radical (unpaired) electrons. The Morgan fingerprint density at radius 2 is 0.703 bits per heavy atom. The summed E-state index contributed by atoms with van der Waals surface area (Å²) in [4.78, 5) is 4.74. The highest BCUT2D eigenvalue weighted by Gasteiger charge is 2.51. The predicted octanol–water partition coefficient (Wildman–Crippen LogP) is 17.6. The quantitative estimate of drug-likeness (QED) is 0.152. The number of anilines is 6. The molecule has 4 nitrogen and oxygen atoms in total. The molecule has 0 bridgehead atoms. The van der Waals surface area contributed by atoms with Crippen LogP contribution in [0.1, 0.15) is 101 Å². The Bertz CT molecular complexity index is 2700. The molecule has 0 saturated heterocycles. The summed E-state index contributed by atoms with van der Waals surface area (Å²) in [6.07, 6.45) is 9.32. The second-order valence-electron chi connectivity index (χ2n) is 19.4. The van der Waals surface area contributed by atoms with Crippen molar-refractivity contribution in [1.29, 1.82) is 0 Å². The normalized spacial score (nSPS) is 18.3. The lowest BCUT2D eigenvalue weighted by molar-refractivity contribution is -0.122. The van der Waals surface area contributed by atoms with Crippen LogP contribution in [0.15, 0.2) is 167 Å². The Morgan fingerprint density at radius 3 is 1.09 bits per heavy atom. The van der Waals surface area contributed by atoms with Crippen LogP contribution in [0, 0.1) is 0 Å². The lowest BCUT2D eigenvalue weighted by atomic mass is 9.85. The van der Waals surface area contributed by atoms with Gasteiger partial charge in [-0.1, -0.05) is 112 Å². The molecule has 0 N–H and O–H groups in total. The van der Waals surface area contributed by atoms with Gasteiger partial charge in [-0.25, -0.2) is 0 Å². The summed E-state index contributed by atoms with van der Waals surface area (Å²) in [5.41, 5.74) is 15.7. The number of nitrogens with zero attached hydrogens (tertiary/aromatic N) is 2. The Hall–Kier alpha value is -4.98. The molecule has 7 aromatic carbocycles. The average molecular weight is 971 g/mol. The van der Waals surface area contributed by atoms with Crippen LogP contribution in [-0.4, -0.2) is 0 Å². The van der Waals surface area contributed by atoms with Gasteiger partial charge in [0.25, 0.3) is 0 Å². The van der Waals surface area contributed by atoms with Gasteiger partial charge >= 0.3 is 0 Å². The molecule has 2 aliphatic carbocycles. The second-order valence-corrected chi connectivity index (χ2v) is 21.2. The van der Waals surface area contributed by atoms with E-state index in [0.29, 0.717) is 0 Å². The summed E-state index contributed by atoms with van der Waals surface area (Å²) >= 11 is 7.41. The first-order valence-electron chi connectivity index (χ1n) is 23.0. The Labute approximate surface area is 395 Å². The van der Waals surface area contributed by atoms with Crippen LogP contribution < -0.4 is 9.80 Å². The van der Waals surface area contributed by atoms with E-state index in [1.54, 1.807) is 0 Å². The van der Waals surface area contributed by atoms with Gasteiger partial charge in [0.05, 0.1) is 22.4 Å². The zero-order valence-corrected chi connectivity index (χ0v) is 40.3. The summed E-state index contributed by atoms with van der Waals surface area (Å²) in [7, 11) is 0. The fourth-order valence-electron chi connectivity index (χ4n) is 11.6. The van der Waals surface area contributed by atoms with E-state index < -0.39 is 0 Å². The highest BCUT2D eigenvalue weighted by atomic mass is 79.9. The maximum absolute atomic E-state index is 6.89. The van der Waals surface area contributed by atoms with Crippen LogP contribution in [-0.2, 0) is 31.9 Å². The van der Waals surface area contributed by atoms with Crippen molar-refractivity contribution in [3.05, 3.63) is 189 Å². The van der Waals surface area contributed by atoms with Crippen molar-refractivity contribution in [2.45, 2.75) is 101 Å². The van der Waals surface area contributed by atoms with Gasteiger partial charge in [0, 0.05) is 43.1 Å². The number of ether oxygens (including phenoxy) is 2. The third-order valence-corrected chi connectivity index (χ3v) is 15.5. The third-order valence-electron chi connectivity index (χ3n) is 14.4. The molecule has 322 valence electrons. The smallest absolute Gasteiger partial charge is 0.0946 e. The van der Waals surface area contributed by atoms with E-state index in [-0.39, 0.29) is 22.4 Å². The van der Waals surface area contributed by atoms with Crippen LogP contribution in [0.4, 0.5) is 34.1 Å². The Balaban J connectivity index is 0.995. The van der Waals surface area contributed by atoms with E-state index in [1.165, 1.54) is 70.2 Å². The van der Waals surface area contributed by atoms with Gasteiger partial charge in [-0.05, 0) is 201 Å². The number of fused-ring (bicyclic) bond motifs is 4. The first kappa shape index (κ1) is 41.7. The van der Waals surface area contributed by atoms with E-state index in [2.05, 4.69) is 227 Å². The molecular weight excluding hydrogens is 916 g/mol. The summed E-state index contributed by atoms with van der Waals surface area (Å²) in [5, 5.41) is 0. The standard InChI is InChI=1S/C58H54Br2N2O2/c1-55(2)53-36-41(18-28-51(53)57(63-55)30-5-6-31-57)39-12-9-14-47(34-39)61(45-24-20-43(59)21-25-45)49-16-11-17-50(38-49)62(46-26-22-44(60)23-27-46)48-15-10-13-40(35-48)42-19-29-52-54(37-42)56(3,4)64-58(52)32-7-8-33-58/h9-29,34-38H,5-8,30-33H2,1-4H3. The molecule has 0 amide bonds. The van der Waals surface area contributed by atoms with Crippen LogP contribution >= 0.6 is 31.9 Å². The molecule has 0 atom stereocenters. The van der Waals surface area contributed by atoms with Crippen molar-refractivity contribution >= 4 is 66.0 Å². The van der Waals surface area contributed by atoms with Crippen molar-refractivity contribution in [2.75, 3.05) is 9.80 Å². The number of benzene rings is 7. The van der Waals surface area contributed by atoms with Crippen molar-refractivity contribution in [1.82, 2.24) is 0 Å². The van der Waals surface area contributed by atoms with Crippen molar-refractivity contribution in [3.8, 4) is 22.3 Å². The molecule has 0 aromatic heterocycles. The molecule has 0 unspecified atom stereocenters. The molecule has 7 aromatic rings. The molecule has 2 aliphatic heterocycles. The van der Waals surface area contributed by atoms with Gasteiger partial charge in [-0.2, -0.15) is 0 Å². The molecular formula is C58H54Br2N2O2. The number of rotatable bonds is 8. The van der Waals surface area contributed by atoms with Crippen molar-refractivity contribution in [3.63, 3.8) is 0 Å². The first-order chi connectivity index (χ1) is 30.9. The molecule has 2 saturated carbocycles. The fourth-order valence-corrected chi connectivity index (χ4v) is 12.1. The number of hydrogen-bond acceptors (Lipinski definition) is 4. The van der Waals surface area contributed by atoms with E-state index in [1.807, 2.05) is 0 Å². The van der Waals surface area contributed by atoms with Gasteiger partial charge in [-0.15, -0.1) is 0 Å². The van der Waals surface area contributed by atoms with E-state index >= 15 is 0 Å². The SMILES string of the molecule is CC1(C)OC2(CCCC2)c2ccc(-c3cccc(N(c4ccc(Br)cc4)c4cccc(N(c5ccc(Br)cc5)c5cccc(-c6ccc7c(c6)C(C)(C)OC76CCCC6)c5)c4)c3)cc21. The highest BCUT2D eigenvalue weighted by molar-refractivity contribution is 9.10. The number of hydrogen-bond donors (Lipinski definition) is 0. The molecule has 2 fully saturated rings. The molecule has 6 heteroatoms. The summed E-state index contributed by atoms with van der Waals surface area (Å²) in [6.45, 7) is 8.96. The second kappa shape index (κ2) is 15.9. The number of halogens is 2. The Morgan fingerprint density at radius 1 is 0.359 bits per heavy atom. The minimum atomic E-state index is -0.331. The van der Waals surface area contributed by atoms with E-state index in [0.717, 1.165) is 68.8 Å². The minimum Gasteiger partial charge on any atom is -0.360 e. The monoisotopic (exact) mass is 968 g/mol. The maximum Gasteiger partial charge on any atom is 0.0946 e. The van der Waals surface area contributed by atoms with E-state index in [4.69, 9.17) is 9.47 Å². The van der Waals surface area contributed by atoms with Gasteiger partial charge in [0.1, 0.15) is 0 Å². The fraction of sp³-hybridized carbons (Fsp3) is 0.276. The minimum absolute atomic E-state index is 0.138. The van der Waals surface area contributed by atoms with Crippen LogP contribution in [0.25, 0.3) is 22.3 Å². The third kappa shape index (κ3) is 7.26. The zero-order chi connectivity index (χ0) is 43.8. The van der Waals surface area contributed by atoms with Crippen LogP contribution in [0.2, 0.25) is 0 Å². The first-order valence-corrected chi connectivity index (χ1v) is 24.6. The molecule has 2 spiro atoms. The topological polar surface area (TPSA) is 24.9 Å². The van der Waals surface area contributed by atoms with E-state index in [9.17, 15) is 0 Å². The lowest BCUT2D eigenvalue weighted by Gasteiger charge is -2.30. The predicted molar refractivity (Wildman–Crippen MR) is 271 cm³/mol. The van der Waals surface area contributed by atoms with Crippen LogP contribution in [0.3, 0.4) is 0 Å². The van der Waals surface area contributed by atoms with Crippen molar-refractivity contribution in [2.24, 2.45) is 0 Å². The summed E-state index contributed by atoms with van der Waals surface area (Å²) in [5.74, 6) is 0. The zero-order valence-electron chi connectivity index (χ0n) is 37.1. The maximum atomic E-state index is 6.89. The summed E-state index contributed by atoms with van der Waals surface area (Å²) < 4.78 is 15.9. The average Bonchev–Trinajstić information content (AvgIpc) is 4.07. The largest absolute Gasteiger partial charge is 0.360 e. The summed E-state index contributed by atoms with van der Waals surface area (Å²) in [6, 6.07) is 58.2. The van der Waals surface area contributed by atoms with Gasteiger partial charge in [-0.3, -0.25) is 0 Å². The molecule has 2 heterocycles. The lowest BCUT2D eigenvalue weighted by Crippen LogP contribution is -2.25.